The van der Waals surface area contributed by atoms with Crippen LogP contribution in [0.25, 0.3) is 22.3 Å². The Labute approximate surface area is 173 Å². The van der Waals surface area contributed by atoms with Gasteiger partial charge in [0, 0.05) is 50.9 Å². The first-order valence-electron chi connectivity index (χ1n) is 9.53. The number of piperazine rings is 1. The van der Waals surface area contributed by atoms with Gasteiger partial charge in [0.05, 0.1) is 10.6 Å². The molecule has 0 atom stereocenters. The van der Waals surface area contributed by atoms with Gasteiger partial charge in [-0.15, -0.1) is 11.3 Å². The third kappa shape index (κ3) is 4.30. The average Bonchev–Trinajstić information content (AvgIpc) is 3.42. The molecule has 7 heteroatoms. The lowest BCUT2D eigenvalue weighted by Crippen LogP contribution is -2.49. The second-order valence-corrected chi connectivity index (χ2v) is 7.80. The van der Waals surface area contributed by atoms with Gasteiger partial charge in [-0.3, -0.25) is 9.59 Å². The molecule has 1 aromatic carbocycles. The van der Waals surface area contributed by atoms with Crippen LogP contribution in [0, 0.1) is 0 Å². The standard InChI is InChI=1S/C22H22N4O2S/c1-17(27)24-11-13-25(14-12-24)21(28)10-9-18-16-26(19-6-3-2-4-7-19)23-22(18)20-8-5-15-29-20/h2-10,15-16H,11-14H2,1H3/b10-9+. The Morgan fingerprint density at radius 2 is 1.72 bits per heavy atom. The highest BCUT2D eigenvalue weighted by atomic mass is 32.1. The first kappa shape index (κ1) is 19.1. The summed E-state index contributed by atoms with van der Waals surface area (Å²) < 4.78 is 1.84. The molecular formula is C22H22N4O2S. The SMILES string of the molecule is CC(=O)N1CCN(C(=O)/C=C/c2cn(-c3ccccc3)nc2-c2cccs2)CC1. The van der Waals surface area contributed by atoms with Crippen LogP contribution in [0.1, 0.15) is 12.5 Å². The fourth-order valence-corrected chi connectivity index (χ4v) is 4.07. The van der Waals surface area contributed by atoms with Crippen molar-refractivity contribution >= 4 is 29.2 Å². The molecule has 0 N–H and O–H groups in total. The van der Waals surface area contributed by atoms with Gasteiger partial charge in [-0.2, -0.15) is 5.10 Å². The van der Waals surface area contributed by atoms with Crippen LogP contribution in [-0.4, -0.2) is 57.6 Å². The molecule has 1 aliphatic rings. The fraction of sp³-hybridized carbons (Fsp3) is 0.227. The average molecular weight is 407 g/mol. The summed E-state index contributed by atoms with van der Waals surface area (Å²) in [6.07, 6.45) is 5.38. The van der Waals surface area contributed by atoms with E-state index >= 15 is 0 Å². The summed E-state index contributed by atoms with van der Waals surface area (Å²) in [5.74, 6) is 0.0133. The minimum atomic E-state index is -0.0437. The predicted molar refractivity (Wildman–Crippen MR) is 115 cm³/mol. The maximum Gasteiger partial charge on any atom is 0.246 e. The van der Waals surface area contributed by atoms with Crippen LogP contribution in [0.3, 0.4) is 0 Å². The van der Waals surface area contributed by atoms with Crippen molar-refractivity contribution in [2.75, 3.05) is 26.2 Å². The highest BCUT2D eigenvalue weighted by Crippen LogP contribution is 2.28. The van der Waals surface area contributed by atoms with Crippen LogP contribution in [0.2, 0.25) is 0 Å². The molecule has 0 spiro atoms. The van der Waals surface area contributed by atoms with E-state index in [9.17, 15) is 9.59 Å². The molecule has 4 rings (SSSR count). The Morgan fingerprint density at radius 1 is 1.00 bits per heavy atom. The van der Waals surface area contributed by atoms with Crippen LogP contribution in [0.15, 0.2) is 60.1 Å². The molecule has 0 bridgehead atoms. The van der Waals surface area contributed by atoms with Crippen LogP contribution < -0.4 is 0 Å². The molecular weight excluding hydrogens is 384 g/mol. The molecule has 0 unspecified atom stereocenters. The van der Waals surface area contributed by atoms with E-state index in [1.165, 1.54) is 0 Å². The molecule has 0 aliphatic carbocycles. The van der Waals surface area contributed by atoms with Crippen LogP contribution in [0.4, 0.5) is 0 Å². The minimum Gasteiger partial charge on any atom is -0.339 e. The second kappa shape index (κ2) is 8.45. The number of carbonyl (C=O) groups excluding carboxylic acids is 2. The normalized spacial score (nSPS) is 14.5. The summed E-state index contributed by atoms with van der Waals surface area (Å²) in [5, 5.41) is 6.77. The number of para-hydroxylation sites is 1. The van der Waals surface area contributed by atoms with Gasteiger partial charge in [-0.05, 0) is 29.7 Å². The lowest BCUT2D eigenvalue weighted by Gasteiger charge is -2.33. The number of nitrogens with zero attached hydrogens (tertiary/aromatic N) is 4. The van der Waals surface area contributed by atoms with Crippen LogP contribution >= 0.6 is 11.3 Å². The highest BCUT2D eigenvalue weighted by molar-refractivity contribution is 7.13. The van der Waals surface area contributed by atoms with Crippen molar-refractivity contribution < 1.29 is 9.59 Å². The summed E-state index contributed by atoms with van der Waals surface area (Å²) in [6.45, 7) is 3.85. The first-order valence-corrected chi connectivity index (χ1v) is 10.4. The van der Waals surface area contributed by atoms with Gasteiger partial charge in [0.2, 0.25) is 11.8 Å². The van der Waals surface area contributed by atoms with Gasteiger partial charge in [0.25, 0.3) is 0 Å². The van der Waals surface area contributed by atoms with Gasteiger partial charge in [0.1, 0.15) is 5.69 Å². The largest absolute Gasteiger partial charge is 0.339 e. The van der Waals surface area contributed by atoms with E-state index < -0.39 is 0 Å². The Kier molecular flexibility index (Phi) is 5.57. The van der Waals surface area contributed by atoms with Crippen molar-refractivity contribution in [1.29, 1.82) is 0 Å². The number of hydrogen-bond donors (Lipinski definition) is 0. The van der Waals surface area contributed by atoms with Crippen molar-refractivity contribution in [1.82, 2.24) is 19.6 Å². The Balaban J connectivity index is 1.55. The predicted octanol–water partition coefficient (Wildman–Crippen LogP) is 3.30. The number of thiophene rings is 1. The maximum atomic E-state index is 12.6. The number of hydrogen-bond acceptors (Lipinski definition) is 4. The maximum absolute atomic E-state index is 12.6. The molecule has 6 nitrogen and oxygen atoms in total. The zero-order chi connectivity index (χ0) is 20.2. The monoisotopic (exact) mass is 406 g/mol. The summed E-state index contributed by atoms with van der Waals surface area (Å²) in [4.78, 5) is 28.7. The number of carbonyl (C=O) groups is 2. The lowest BCUT2D eigenvalue weighted by atomic mass is 10.2. The Bertz CT molecular complexity index is 1020. The molecule has 0 radical (unpaired) electrons. The van der Waals surface area contributed by atoms with E-state index in [4.69, 9.17) is 5.10 Å². The van der Waals surface area contributed by atoms with E-state index in [0.717, 1.165) is 21.8 Å². The summed E-state index contributed by atoms with van der Waals surface area (Å²) in [6, 6.07) is 13.9. The van der Waals surface area contributed by atoms with Crippen LogP contribution in [0.5, 0.6) is 0 Å². The molecule has 3 aromatic rings. The molecule has 2 amide bonds. The minimum absolute atomic E-state index is 0.0437. The smallest absolute Gasteiger partial charge is 0.246 e. The molecule has 29 heavy (non-hydrogen) atoms. The second-order valence-electron chi connectivity index (χ2n) is 6.86. The van der Waals surface area contributed by atoms with E-state index in [0.29, 0.717) is 26.2 Å². The summed E-state index contributed by atoms with van der Waals surface area (Å²) in [7, 11) is 0. The molecule has 1 fully saturated rings. The van der Waals surface area contributed by atoms with E-state index in [1.807, 2.05) is 64.8 Å². The van der Waals surface area contributed by atoms with E-state index in [2.05, 4.69) is 0 Å². The third-order valence-electron chi connectivity index (χ3n) is 4.96. The van der Waals surface area contributed by atoms with Gasteiger partial charge >= 0.3 is 0 Å². The lowest BCUT2D eigenvalue weighted by molar-refractivity contribution is -0.135. The summed E-state index contributed by atoms with van der Waals surface area (Å²) in [5.41, 5.74) is 2.72. The van der Waals surface area contributed by atoms with Gasteiger partial charge < -0.3 is 9.80 Å². The van der Waals surface area contributed by atoms with Crippen LogP contribution in [-0.2, 0) is 9.59 Å². The van der Waals surface area contributed by atoms with Crippen molar-refractivity contribution in [2.24, 2.45) is 0 Å². The quantitative estimate of drug-likeness (QED) is 0.625. The first-order chi connectivity index (χ1) is 14.1. The van der Waals surface area contributed by atoms with Crippen molar-refractivity contribution in [2.45, 2.75) is 6.92 Å². The van der Waals surface area contributed by atoms with Crippen molar-refractivity contribution in [3.05, 3.63) is 65.7 Å². The Morgan fingerprint density at radius 3 is 2.38 bits per heavy atom. The zero-order valence-electron chi connectivity index (χ0n) is 16.2. The molecule has 148 valence electrons. The topological polar surface area (TPSA) is 58.4 Å². The molecule has 3 heterocycles. The highest BCUT2D eigenvalue weighted by Gasteiger charge is 2.21. The molecule has 1 aliphatic heterocycles. The van der Waals surface area contributed by atoms with Crippen molar-refractivity contribution in [3.8, 4) is 16.3 Å². The van der Waals surface area contributed by atoms with E-state index in [1.54, 1.807) is 34.1 Å². The number of amides is 2. The number of rotatable bonds is 4. The molecule has 2 aromatic heterocycles. The van der Waals surface area contributed by atoms with Crippen molar-refractivity contribution in [3.63, 3.8) is 0 Å². The van der Waals surface area contributed by atoms with E-state index in [-0.39, 0.29) is 11.8 Å². The summed E-state index contributed by atoms with van der Waals surface area (Å²) >= 11 is 1.62. The third-order valence-corrected chi connectivity index (χ3v) is 5.84. The van der Waals surface area contributed by atoms with Gasteiger partial charge in [-0.25, -0.2) is 4.68 Å². The fourth-order valence-electron chi connectivity index (χ4n) is 3.34. The number of aromatic nitrogens is 2. The van der Waals surface area contributed by atoms with Gasteiger partial charge in [0.15, 0.2) is 0 Å². The number of benzene rings is 1. The Hall–Kier alpha value is -3.19. The molecule has 0 saturated carbocycles. The van der Waals surface area contributed by atoms with Gasteiger partial charge in [-0.1, -0.05) is 24.3 Å². The zero-order valence-corrected chi connectivity index (χ0v) is 17.0. The molecule has 1 saturated heterocycles.